The molecule has 0 heterocycles. The van der Waals surface area contributed by atoms with Crippen molar-refractivity contribution < 1.29 is 80.2 Å². The molecule has 0 aromatic carbocycles. The summed E-state index contributed by atoms with van der Waals surface area (Å²) in [5.74, 6) is -0.494. The average molecular weight is 1480 g/mol. The molecule has 0 rings (SSSR count). The number of esters is 4. The maximum atomic E-state index is 13.1. The fraction of sp³-hybridized carbons (Fsp3) is 0.951. The van der Waals surface area contributed by atoms with Crippen molar-refractivity contribution in [3.05, 3.63) is 0 Å². The summed E-state index contributed by atoms with van der Waals surface area (Å²) in [4.78, 5) is 73.1. The molecule has 4 unspecified atom stereocenters. The van der Waals surface area contributed by atoms with Gasteiger partial charge >= 0.3 is 39.5 Å². The summed E-state index contributed by atoms with van der Waals surface area (Å²) in [5, 5.41) is 10.7. The van der Waals surface area contributed by atoms with Gasteiger partial charge in [-0.1, -0.05) is 382 Å². The van der Waals surface area contributed by atoms with E-state index in [-0.39, 0.29) is 25.7 Å². The van der Waals surface area contributed by atoms with Crippen LogP contribution in [-0.4, -0.2) is 96.7 Å². The van der Waals surface area contributed by atoms with Crippen LogP contribution in [0.5, 0.6) is 0 Å². The van der Waals surface area contributed by atoms with Crippen LogP contribution in [0.15, 0.2) is 0 Å². The highest BCUT2D eigenvalue weighted by Gasteiger charge is 2.30. The van der Waals surface area contributed by atoms with Gasteiger partial charge in [-0.05, 0) is 37.5 Å². The fourth-order valence-corrected chi connectivity index (χ4v) is 14.2. The number of carbonyl (C=O) groups is 4. The average Bonchev–Trinajstić information content (AvgIpc) is 1.12. The smallest absolute Gasteiger partial charge is 0.462 e. The molecule has 0 saturated carbocycles. The third-order valence-electron chi connectivity index (χ3n) is 19.9. The largest absolute Gasteiger partial charge is 0.472 e. The van der Waals surface area contributed by atoms with E-state index in [0.29, 0.717) is 25.7 Å². The van der Waals surface area contributed by atoms with E-state index >= 15 is 0 Å². The van der Waals surface area contributed by atoms with Gasteiger partial charge in [-0.3, -0.25) is 37.3 Å². The van der Waals surface area contributed by atoms with Crippen LogP contribution in [0.4, 0.5) is 0 Å². The van der Waals surface area contributed by atoms with Crippen molar-refractivity contribution in [2.75, 3.05) is 39.6 Å². The number of phosphoric acid groups is 2. The van der Waals surface area contributed by atoms with Crippen LogP contribution >= 0.6 is 15.6 Å². The SMILES string of the molecule is CCCCCCCCCCCCCCCCCCCCCCC(=O)O[C@H](COC(=O)CCCCCCCCCCCCC(C)CC)COP(=O)(O)OC[C@@H](O)COP(=O)(O)OC[C@@H](COC(=O)CCCCCCCCCCCCCCC)OC(=O)CCCCCCCCCCCCC(C)CC. The molecule has 0 bridgehead atoms. The Labute approximate surface area is 619 Å². The fourth-order valence-electron chi connectivity index (χ4n) is 12.6. The van der Waals surface area contributed by atoms with Crippen LogP contribution in [0, 0.1) is 11.8 Å². The molecule has 0 aliphatic heterocycles. The Bertz CT molecular complexity index is 1950. The third-order valence-corrected chi connectivity index (χ3v) is 21.8. The van der Waals surface area contributed by atoms with Gasteiger partial charge in [-0.15, -0.1) is 0 Å². The molecular formula is C82H160O17P2. The van der Waals surface area contributed by atoms with Gasteiger partial charge in [-0.25, -0.2) is 9.13 Å². The lowest BCUT2D eigenvalue weighted by Crippen LogP contribution is -2.30. The highest BCUT2D eigenvalue weighted by Crippen LogP contribution is 2.45. The predicted octanol–water partition coefficient (Wildman–Crippen LogP) is 24.7. The Morgan fingerprint density at radius 3 is 0.703 bits per heavy atom. The quantitative estimate of drug-likeness (QED) is 0.0222. The first-order valence-electron chi connectivity index (χ1n) is 42.6. The van der Waals surface area contributed by atoms with E-state index in [1.54, 1.807) is 0 Å². The van der Waals surface area contributed by atoms with Crippen LogP contribution in [0.1, 0.15) is 433 Å². The molecule has 0 fully saturated rings. The molecule has 3 N–H and O–H groups in total. The Morgan fingerprint density at radius 2 is 0.475 bits per heavy atom. The van der Waals surface area contributed by atoms with Crippen LogP contribution < -0.4 is 0 Å². The van der Waals surface area contributed by atoms with Crippen LogP contribution in [0.25, 0.3) is 0 Å². The highest BCUT2D eigenvalue weighted by molar-refractivity contribution is 7.47. The number of hydrogen-bond acceptors (Lipinski definition) is 15. The van der Waals surface area contributed by atoms with Crippen molar-refractivity contribution in [2.24, 2.45) is 11.8 Å². The molecule has 0 aromatic heterocycles. The van der Waals surface area contributed by atoms with Gasteiger partial charge < -0.3 is 33.8 Å². The molecule has 0 spiro atoms. The minimum atomic E-state index is -4.96. The van der Waals surface area contributed by atoms with Crippen LogP contribution in [0.2, 0.25) is 0 Å². The number of aliphatic hydroxyl groups excluding tert-OH is 1. The zero-order valence-electron chi connectivity index (χ0n) is 66.2. The van der Waals surface area contributed by atoms with Gasteiger partial charge in [0.25, 0.3) is 0 Å². The summed E-state index contributed by atoms with van der Waals surface area (Å²) >= 11 is 0. The number of unbranched alkanes of at least 4 members (excludes halogenated alkanes) is 49. The second-order valence-electron chi connectivity index (χ2n) is 30.0. The van der Waals surface area contributed by atoms with Crippen molar-refractivity contribution in [1.29, 1.82) is 0 Å². The van der Waals surface area contributed by atoms with E-state index < -0.39 is 97.5 Å². The van der Waals surface area contributed by atoms with E-state index in [1.807, 2.05) is 0 Å². The maximum Gasteiger partial charge on any atom is 0.472 e. The van der Waals surface area contributed by atoms with Gasteiger partial charge in [0.15, 0.2) is 12.2 Å². The van der Waals surface area contributed by atoms with E-state index in [4.69, 9.17) is 37.0 Å². The lowest BCUT2D eigenvalue weighted by molar-refractivity contribution is -0.161. The molecule has 600 valence electrons. The van der Waals surface area contributed by atoms with Gasteiger partial charge in [0.1, 0.15) is 19.3 Å². The first-order chi connectivity index (χ1) is 48.9. The lowest BCUT2D eigenvalue weighted by Gasteiger charge is -2.21. The first kappa shape index (κ1) is 99.1. The zero-order valence-corrected chi connectivity index (χ0v) is 68.0. The van der Waals surface area contributed by atoms with Crippen molar-refractivity contribution in [2.45, 2.75) is 452 Å². The summed E-state index contributed by atoms with van der Waals surface area (Å²) in [6.07, 6.45) is 63.6. The third kappa shape index (κ3) is 73.4. The molecule has 101 heavy (non-hydrogen) atoms. The topological polar surface area (TPSA) is 237 Å². The van der Waals surface area contributed by atoms with Gasteiger partial charge in [-0.2, -0.15) is 0 Å². The number of aliphatic hydroxyl groups is 1. The number of rotatable bonds is 81. The highest BCUT2D eigenvalue weighted by atomic mass is 31.2. The van der Waals surface area contributed by atoms with Crippen molar-refractivity contribution in [1.82, 2.24) is 0 Å². The first-order valence-corrected chi connectivity index (χ1v) is 45.6. The number of phosphoric ester groups is 2. The minimum absolute atomic E-state index is 0.107. The Kier molecular flexibility index (Phi) is 72.2. The predicted molar refractivity (Wildman–Crippen MR) is 414 cm³/mol. The van der Waals surface area contributed by atoms with Crippen LogP contribution in [0.3, 0.4) is 0 Å². The summed E-state index contributed by atoms with van der Waals surface area (Å²) in [5.41, 5.74) is 0. The molecule has 7 atom stereocenters. The molecule has 0 saturated heterocycles. The normalized spacial score (nSPS) is 14.4. The molecule has 0 aromatic rings. The van der Waals surface area contributed by atoms with Crippen molar-refractivity contribution >= 4 is 39.5 Å². The summed E-state index contributed by atoms with van der Waals surface area (Å²) in [6.45, 7) is 9.70. The second-order valence-corrected chi connectivity index (χ2v) is 32.9. The van der Waals surface area contributed by atoms with Gasteiger partial charge in [0, 0.05) is 25.7 Å². The van der Waals surface area contributed by atoms with Crippen molar-refractivity contribution in [3.63, 3.8) is 0 Å². The van der Waals surface area contributed by atoms with E-state index in [1.165, 1.54) is 250 Å². The maximum absolute atomic E-state index is 13.1. The molecular weight excluding hydrogens is 1320 g/mol. The summed E-state index contributed by atoms with van der Waals surface area (Å²) in [7, 11) is -9.92. The second kappa shape index (κ2) is 73.6. The Morgan fingerprint density at radius 1 is 0.277 bits per heavy atom. The summed E-state index contributed by atoms with van der Waals surface area (Å²) < 4.78 is 68.8. The number of ether oxygens (including phenoxy) is 4. The molecule has 0 radical (unpaired) electrons. The zero-order chi connectivity index (χ0) is 74.2. The summed E-state index contributed by atoms with van der Waals surface area (Å²) in [6, 6.07) is 0. The van der Waals surface area contributed by atoms with Gasteiger partial charge in [0.2, 0.25) is 0 Å². The number of carbonyl (C=O) groups excluding carboxylic acids is 4. The Balaban J connectivity index is 5.26. The van der Waals surface area contributed by atoms with Crippen molar-refractivity contribution in [3.8, 4) is 0 Å². The van der Waals surface area contributed by atoms with Gasteiger partial charge in [0.05, 0.1) is 26.4 Å². The molecule has 19 heteroatoms. The monoisotopic (exact) mass is 1480 g/mol. The minimum Gasteiger partial charge on any atom is -0.462 e. The molecule has 0 aliphatic rings. The molecule has 0 aliphatic carbocycles. The molecule has 17 nitrogen and oxygen atoms in total. The van der Waals surface area contributed by atoms with E-state index in [9.17, 15) is 43.2 Å². The standard InChI is InChI=1S/C82H160O17P2/c1-7-11-13-15-17-19-21-23-24-25-26-27-28-29-31-33-42-48-54-60-66-81(86)98-77(71-93-80(85)65-59-53-47-41-36-34-38-44-50-56-62-74(5)9-3)72-96-100(88,89)94-68-76(83)69-95-101(90,91)97-73-78(70-92-79(84)64-58-52-46-40-32-30-22-20-18-16-14-12-8-2)99-82(87)67-61-55-49-43-37-35-39-45-51-57-63-75(6)10-4/h74-78,83H,7-73H2,1-6H3,(H,88,89)(H,90,91)/t74?,75?,76-,77-,78-/m1/s1. The van der Waals surface area contributed by atoms with Crippen LogP contribution in [-0.2, 0) is 65.4 Å². The van der Waals surface area contributed by atoms with E-state index in [2.05, 4.69) is 41.5 Å². The Hall–Kier alpha value is -1.94. The van der Waals surface area contributed by atoms with E-state index in [0.717, 1.165) is 102 Å². The lowest BCUT2D eigenvalue weighted by atomic mass is 9.99. The number of hydrogen-bond donors (Lipinski definition) is 3. The molecule has 0 amide bonds.